The molecule has 0 aliphatic rings. The highest BCUT2D eigenvalue weighted by atomic mass is 32.2. The molecule has 0 aliphatic carbocycles. The smallest absolute Gasteiger partial charge is 0.148 e. The average molecular weight is 277 g/mol. The van der Waals surface area contributed by atoms with Crippen LogP contribution in [0.2, 0.25) is 0 Å². The van der Waals surface area contributed by atoms with Crippen LogP contribution in [0.25, 0.3) is 11.0 Å². The van der Waals surface area contributed by atoms with E-state index in [9.17, 15) is 4.21 Å². The average Bonchev–Trinajstić information content (AvgIpc) is 2.37. The zero-order valence-electron chi connectivity index (χ0n) is 11.5. The van der Waals surface area contributed by atoms with Crippen LogP contribution in [0.1, 0.15) is 19.0 Å². The van der Waals surface area contributed by atoms with E-state index in [1.165, 1.54) is 0 Å². The molecule has 0 saturated heterocycles. The van der Waals surface area contributed by atoms with Gasteiger partial charge >= 0.3 is 0 Å². The Hall–Kier alpha value is -1.49. The van der Waals surface area contributed by atoms with Crippen LogP contribution in [0.3, 0.4) is 0 Å². The van der Waals surface area contributed by atoms with Crippen molar-refractivity contribution in [3.8, 4) is 0 Å². The summed E-state index contributed by atoms with van der Waals surface area (Å²) in [6.45, 7) is 4.02. The summed E-state index contributed by atoms with van der Waals surface area (Å²) in [5.41, 5.74) is 2.69. The van der Waals surface area contributed by atoms with Crippen molar-refractivity contribution in [2.75, 3.05) is 17.3 Å². The Balaban J connectivity index is 2.15. The predicted octanol–water partition coefficient (Wildman–Crippen LogP) is 2.51. The molecule has 1 aromatic heterocycles. The van der Waals surface area contributed by atoms with Gasteiger partial charge in [-0.15, -0.1) is 0 Å². The molecule has 4 nitrogen and oxygen atoms in total. The Bertz CT molecular complexity index is 600. The summed E-state index contributed by atoms with van der Waals surface area (Å²) in [5, 5.41) is 3.35. The van der Waals surface area contributed by atoms with Crippen LogP contribution in [0, 0.1) is 6.92 Å². The second-order valence-corrected chi connectivity index (χ2v) is 6.31. The molecule has 2 unspecified atom stereocenters. The molecule has 0 radical (unpaired) electrons. The monoisotopic (exact) mass is 277 g/mol. The molecular formula is C14H19N3OS. The third-order valence-electron chi connectivity index (χ3n) is 2.97. The summed E-state index contributed by atoms with van der Waals surface area (Å²) in [6.07, 6.45) is 2.59. The molecule has 19 heavy (non-hydrogen) atoms. The minimum absolute atomic E-state index is 0.234. The molecule has 2 rings (SSSR count). The zero-order valence-corrected chi connectivity index (χ0v) is 12.3. The first kappa shape index (κ1) is 13.9. The first-order valence-electron chi connectivity index (χ1n) is 6.36. The molecule has 0 spiro atoms. The van der Waals surface area contributed by atoms with Gasteiger partial charge in [0.1, 0.15) is 5.82 Å². The lowest BCUT2D eigenvalue weighted by Crippen LogP contribution is -2.19. The maximum atomic E-state index is 11.1. The Morgan fingerprint density at radius 2 is 1.89 bits per heavy atom. The normalized spacial score (nSPS) is 14.3. The number of fused-ring (bicyclic) bond motifs is 1. The van der Waals surface area contributed by atoms with Crippen LogP contribution >= 0.6 is 0 Å². The largest absolute Gasteiger partial charge is 0.366 e. The van der Waals surface area contributed by atoms with Gasteiger partial charge in [0.25, 0.3) is 0 Å². The van der Waals surface area contributed by atoms with Gasteiger partial charge in [0.15, 0.2) is 0 Å². The standard InChI is InChI=1S/C14H19N3OS/c1-10(8-9-19(3)18)15-14-11(2)16-12-6-4-5-7-13(12)17-14/h4-7,10H,8-9H2,1-3H3,(H,15,17). The van der Waals surface area contributed by atoms with Crippen molar-refractivity contribution in [3.63, 3.8) is 0 Å². The zero-order chi connectivity index (χ0) is 13.8. The Kier molecular flexibility index (Phi) is 4.47. The lowest BCUT2D eigenvalue weighted by Gasteiger charge is -2.15. The van der Waals surface area contributed by atoms with Gasteiger partial charge in [-0.05, 0) is 32.4 Å². The van der Waals surface area contributed by atoms with E-state index in [0.717, 1.165) is 29.0 Å². The van der Waals surface area contributed by atoms with Crippen molar-refractivity contribution in [2.45, 2.75) is 26.3 Å². The van der Waals surface area contributed by atoms with Gasteiger partial charge in [-0.1, -0.05) is 12.1 Å². The number of anilines is 1. The highest BCUT2D eigenvalue weighted by Crippen LogP contribution is 2.17. The van der Waals surface area contributed by atoms with Gasteiger partial charge in [0, 0.05) is 28.9 Å². The minimum Gasteiger partial charge on any atom is -0.366 e. The molecule has 5 heteroatoms. The first-order valence-corrected chi connectivity index (χ1v) is 8.09. The minimum atomic E-state index is -0.748. The maximum Gasteiger partial charge on any atom is 0.148 e. The first-order chi connectivity index (χ1) is 9.06. The van der Waals surface area contributed by atoms with E-state index < -0.39 is 10.8 Å². The van der Waals surface area contributed by atoms with Crippen molar-refractivity contribution in [3.05, 3.63) is 30.0 Å². The van der Waals surface area contributed by atoms with Gasteiger partial charge in [0.05, 0.1) is 16.7 Å². The summed E-state index contributed by atoms with van der Waals surface area (Å²) in [6, 6.07) is 8.07. The van der Waals surface area contributed by atoms with Gasteiger partial charge in [-0.25, -0.2) is 9.97 Å². The molecule has 2 atom stereocenters. The van der Waals surface area contributed by atoms with Crippen LogP contribution in [-0.4, -0.2) is 32.2 Å². The Morgan fingerprint density at radius 3 is 2.53 bits per heavy atom. The molecule has 1 aromatic carbocycles. The van der Waals surface area contributed by atoms with E-state index >= 15 is 0 Å². The molecule has 0 bridgehead atoms. The van der Waals surface area contributed by atoms with Gasteiger partial charge in [-0.3, -0.25) is 4.21 Å². The fraction of sp³-hybridized carbons (Fsp3) is 0.429. The molecule has 0 amide bonds. The number of nitrogens with one attached hydrogen (secondary N) is 1. The number of para-hydroxylation sites is 2. The number of aryl methyl sites for hydroxylation is 1. The van der Waals surface area contributed by atoms with E-state index in [-0.39, 0.29) is 6.04 Å². The van der Waals surface area contributed by atoms with Crippen molar-refractivity contribution in [1.82, 2.24) is 9.97 Å². The van der Waals surface area contributed by atoms with Crippen LogP contribution in [0.15, 0.2) is 24.3 Å². The fourth-order valence-electron chi connectivity index (χ4n) is 1.87. The molecule has 0 fully saturated rings. The van der Waals surface area contributed by atoms with Crippen LogP contribution < -0.4 is 5.32 Å². The quantitative estimate of drug-likeness (QED) is 0.912. The van der Waals surface area contributed by atoms with Crippen molar-refractivity contribution < 1.29 is 4.21 Å². The van der Waals surface area contributed by atoms with Crippen molar-refractivity contribution in [1.29, 1.82) is 0 Å². The van der Waals surface area contributed by atoms with Gasteiger partial charge < -0.3 is 5.32 Å². The molecule has 2 aromatic rings. The van der Waals surface area contributed by atoms with Crippen LogP contribution in [-0.2, 0) is 10.8 Å². The van der Waals surface area contributed by atoms with E-state index in [0.29, 0.717) is 5.75 Å². The number of nitrogens with zero attached hydrogens (tertiary/aromatic N) is 2. The Morgan fingerprint density at radius 1 is 1.26 bits per heavy atom. The van der Waals surface area contributed by atoms with Crippen molar-refractivity contribution >= 4 is 27.7 Å². The molecule has 1 heterocycles. The van der Waals surface area contributed by atoms with E-state index in [1.54, 1.807) is 6.26 Å². The van der Waals surface area contributed by atoms with Gasteiger partial charge in [0.2, 0.25) is 0 Å². The van der Waals surface area contributed by atoms with Crippen LogP contribution in [0.5, 0.6) is 0 Å². The number of hydrogen-bond acceptors (Lipinski definition) is 4. The third-order valence-corrected chi connectivity index (χ3v) is 3.78. The summed E-state index contributed by atoms with van der Waals surface area (Å²) in [7, 11) is -0.748. The second kappa shape index (κ2) is 6.10. The summed E-state index contributed by atoms with van der Waals surface area (Å²) in [4.78, 5) is 9.13. The van der Waals surface area contributed by atoms with E-state index in [2.05, 4.69) is 22.2 Å². The second-order valence-electron chi connectivity index (χ2n) is 4.76. The van der Waals surface area contributed by atoms with E-state index in [4.69, 9.17) is 0 Å². The molecule has 102 valence electrons. The fourth-order valence-corrected chi connectivity index (χ4v) is 2.56. The number of hydrogen-bond donors (Lipinski definition) is 1. The summed E-state index contributed by atoms with van der Waals surface area (Å²) < 4.78 is 11.1. The molecule has 0 saturated carbocycles. The Labute approximate surface area is 116 Å². The molecular weight excluding hydrogens is 258 g/mol. The molecule has 0 aliphatic heterocycles. The number of rotatable bonds is 5. The van der Waals surface area contributed by atoms with Gasteiger partial charge in [-0.2, -0.15) is 0 Å². The topological polar surface area (TPSA) is 54.9 Å². The summed E-state index contributed by atoms with van der Waals surface area (Å²) >= 11 is 0. The lowest BCUT2D eigenvalue weighted by atomic mass is 10.2. The maximum absolute atomic E-state index is 11.1. The summed E-state index contributed by atoms with van der Waals surface area (Å²) in [5.74, 6) is 1.52. The highest BCUT2D eigenvalue weighted by Gasteiger charge is 2.08. The lowest BCUT2D eigenvalue weighted by molar-refractivity contribution is 0.678. The number of benzene rings is 1. The SMILES string of the molecule is Cc1nc2ccccc2nc1NC(C)CCS(C)=O. The molecule has 1 N–H and O–H groups in total. The van der Waals surface area contributed by atoms with Crippen molar-refractivity contribution in [2.24, 2.45) is 0 Å². The van der Waals surface area contributed by atoms with Crippen LogP contribution in [0.4, 0.5) is 5.82 Å². The number of aromatic nitrogens is 2. The third kappa shape index (κ3) is 3.73. The highest BCUT2D eigenvalue weighted by molar-refractivity contribution is 7.84. The predicted molar refractivity (Wildman–Crippen MR) is 80.9 cm³/mol. The van der Waals surface area contributed by atoms with E-state index in [1.807, 2.05) is 31.2 Å².